The molecule has 0 atom stereocenters. The Morgan fingerprint density at radius 2 is 0.909 bits per heavy atom. The van der Waals surface area contributed by atoms with Gasteiger partial charge in [0.1, 0.15) is 0 Å². The molecule has 1 aliphatic heterocycles. The lowest BCUT2D eigenvalue weighted by molar-refractivity contribution is 0.252. The molecule has 0 spiro atoms. The zero-order valence-corrected chi connectivity index (χ0v) is 15.6. The Morgan fingerprint density at radius 3 is 1.41 bits per heavy atom. The van der Waals surface area contributed by atoms with Crippen molar-refractivity contribution in [2.24, 2.45) is 0 Å². The van der Waals surface area contributed by atoms with E-state index in [0.29, 0.717) is 0 Å². The molecule has 1 heterocycles. The monoisotopic (exact) mass is 309 g/mol. The van der Waals surface area contributed by atoms with Gasteiger partial charge in [0.2, 0.25) is 0 Å². The van der Waals surface area contributed by atoms with Crippen LogP contribution in [0.2, 0.25) is 0 Å². The molecule has 0 aromatic rings. The van der Waals surface area contributed by atoms with E-state index in [1.54, 1.807) is 0 Å². The van der Waals surface area contributed by atoms with Gasteiger partial charge >= 0.3 is 0 Å². The summed E-state index contributed by atoms with van der Waals surface area (Å²) in [4.78, 5) is 2.78. The lowest BCUT2D eigenvalue weighted by Crippen LogP contribution is -2.27. The third kappa shape index (κ3) is 12.5. The maximum absolute atomic E-state index is 2.78. The van der Waals surface area contributed by atoms with Crippen LogP contribution in [-0.2, 0) is 0 Å². The second-order valence-corrected chi connectivity index (χ2v) is 7.50. The largest absolute Gasteiger partial charge is 0.303 e. The van der Waals surface area contributed by atoms with Gasteiger partial charge in [0.25, 0.3) is 0 Å². The molecule has 0 amide bonds. The molecule has 0 unspecified atom stereocenters. The van der Waals surface area contributed by atoms with Gasteiger partial charge in [0.05, 0.1) is 0 Å². The third-order valence-electron chi connectivity index (χ3n) is 5.28. The quantitative estimate of drug-likeness (QED) is 0.416. The summed E-state index contributed by atoms with van der Waals surface area (Å²) in [6.07, 6.45) is 24.8. The van der Waals surface area contributed by atoms with Crippen LogP contribution in [0.1, 0.15) is 116 Å². The average molecular weight is 310 g/mol. The highest BCUT2D eigenvalue weighted by Crippen LogP contribution is 2.14. The summed E-state index contributed by atoms with van der Waals surface area (Å²) in [6.45, 7) is 6.42. The maximum Gasteiger partial charge on any atom is -0.00187 e. The molecule has 1 rings (SSSR count). The second-order valence-electron chi connectivity index (χ2n) is 7.50. The zero-order valence-electron chi connectivity index (χ0n) is 15.6. The van der Waals surface area contributed by atoms with Crippen molar-refractivity contribution in [3.8, 4) is 0 Å². The van der Waals surface area contributed by atoms with Gasteiger partial charge in [-0.15, -0.1) is 0 Å². The van der Waals surface area contributed by atoms with Gasteiger partial charge < -0.3 is 4.90 Å². The minimum Gasteiger partial charge on any atom is -0.303 e. The highest BCUT2D eigenvalue weighted by Gasteiger charge is 2.05. The van der Waals surface area contributed by atoms with Crippen molar-refractivity contribution in [1.29, 1.82) is 0 Å². The van der Waals surface area contributed by atoms with Gasteiger partial charge in [-0.25, -0.2) is 0 Å². The van der Waals surface area contributed by atoms with Gasteiger partial charge in [-0.05, 0) is 38.9 Å². The minimum atomic E-state index is 1.37. The van der Waals surface area contributed by atoms with Crippen LogP contribution in [0.3, 0.4) is 0 Å². The molecule has 1 fully saturated rings. The van der Waals surface area contributed by atoms with Crippen molar-refractivity contribution in [2.75, 3.05) is 19.6 Å². The van der Waals surface area contributed by atoms with E-state index in [0.717, 1.165) is 0 Å². The Bertz CT molecular complexity index is 202. The zero-order chi connectivity index (χ0) is 15.7. The number of hydrogen-bond acceptors (Lipinski definition) is 1. The molecule has 0 N–H and O–H groups in total. The van der Waals surface area contributed by atoms with E-state index in [1.165, 1.54) is 129 Å². The van der Waals surface area contributed by atoms with E-state index >= 15 is 0 Å². The van der Waals surface area contributed by atoms with Crippen molar-refractivity contribution in [2.45, 2.75) is 116 Å². The second kappa shape index (κ2) is 15.8. The van der Waals surface area contributed by atoms with Crippen molar-refractivity contribution < 1.29 is 0 Å². The van der Waals surface area contributed by atoms with Crippen molar-refractivity contribution in [3.63, 3.8) is 0 Å². The van der Waals surface area contributed by atoms with Crippen LogP contribution in [0.4, 0.5) is 0 Å². The molecular weight excluding hydrogens is 266 g/mol. The number of rotatable bonds is 9. The molecule has 1 nitrogen and oxygen atoms in total. The van der Waals surface area contributed by atoms with Crippen LogP contribution in [0, 0.1) is 0 Å². The normalized spacial score (nSPS) is 19.5. The van der Waals surface area contributed by atoms with Crippen LogP contribution in [-0.4, -0.2) is 24.5 Å². The first kappa shape index (κ1) is 20.0. The summed E-state index contributed by atoms with van der Waals surface area (Å²) in [6, 6.07) is 0. The van der Waals surface area contributed by atoms with Crippen LogP contribution in [0.5, 0.6) is 0 Å². The number of nitrogens with zero attached hydrogens (tertiary/aromatic N) is 1. The average Bonchev–Trinajstić information content (AvgIpc) is 2.52. The van der Waals surface area contributed by atoms with Gasteiger partial charge in [-0.3, -0.25) is 0 Å². The van der Waals surface area contributed by atoms with E-state index in [1.807, 2.05) is 0 Å². The van der Waals surface area contributed by atoms with Crippen LogP contribution < -0.4 is 0 Å². The van der Waals surface area contributed by atoms with Gasteiger partial charge in [0.15, 0.2) is 0 Å². The Morgan fingerprint density at radius 1 is 0.500 bits per heavy atom. The lowest BCUT2D eigenvalue weighted by atomic mass is 10.0. The first-order chi connectivity index (χ1) is 10.9. The molecule has 0 aliphatic carbocycles. The highest BCUT2D eigenvalue weighted by molar-refractivity contribution is 4.61. The lowest BCUT2D eigenvalue weighted by Gasteiger charge is -2.23. The molecule has 0 radical (unpaired) electrons. The smallest absolute Gasteiger partial charge is 0.00187 e. The third-order valence-corrected chi connectivity index (χ3v) is 5.28. The molecule has 0 aromatic carbocycles. The van der Waals surface area contributed by atoms with E-state index < -0.39 is 0 Å². The summed E-state index contributed by atoms with van der Waals surface area (Å²) < 4.78 is 0. The molecule has 1 saturated heterocycles. The molecule has 1 heteroatoms. The molecule has 1 aliphatic rings. The molecule has 132 valence electrons. The Hall–Kier alpha value is -0.0400. The summed E-state index contributed by atoms with van der Waals surface area (Å²) in [5, 5.41) is 0. The molecule has 22 heavy (non-hydrogen) atoms. The number of unbranched alkanes of at least 4 members (excludes halogenated alkanes) is 7. The predicted octanol–water partition coefficient (Wildman–Crippen LogP) is 6.95. The fraction of sp³-hybridized carbons (Fsp3) is 1.00. The maximum atomic E-state index is 2.78. The van der Waals surface area contributed by atoms with E-state index in [2.05, 4.69) is 11.8 Å². The Labute approximate surface area is 141 Å². The molecule has 0 aromatic heterocycles. The fourth-order valence-corrected chi connectivity index (χ4v) is 3.71. The summed E-state index contributed by atoms with van der Waals surface area (Å²) in [5.41, 5.74) is 0. The standard InChI is InChI=1S/C21H43N/c1-2-3-4-5-6-10-13-16-19-22-20-17-14-11-8-7-9-12-15-18-21-22/h2-21H2,1H3. The summed E-state index contributed by atoms with van der Waals surface area (Å²) >= 11 is 0. The molecular formula is C21H43N. The van der Waals surface area contributed by atoms with Crippen LogP contribution in [0.15, 0.2) is 0 Å². The summed E-state index contributed by atoms with van der Waals surface area (Å²) in [5.74, 6) is 0. The Balaban J connectivity index is 2.02. The Kier molecular flexibility index (Phi) is 14.4. The molecule has 0 saturated carbocycles. The van der Waals surface area contributed by atoms with E-state index in [4.69, 9.17) is 0 Å². The predicted molar refractivity (Wildman–Crippen MR) is 101 cm³/mol. The van der Waals surface area contributed by atoms with E-state index in [9.17, 15) is 0 Å². The van der Waals surface area contributed by atoms with Gasteiger partial charge in [-0.2, -0.15) is 0 Å². The van der Waals surface area contributed by atoms with Crippen molar-refractivity contribution >= 4 is 0 Å². The van der Waals surface area contributed by atoms with Gasteiger partial charge in [-0.1, -0.05) is 96.8 Å². The van der Waals surface area contributed by atoms with Gasteiger partial charge in [0, 0.05) is 0 Å². The molecule has 0 bridgehead atoms. The van der Waals surface area contributed by atoms with E-state index in [-0.39, 0.29) is 0 Å². The topological polar surface area (TPSA) is 3.24 Å². The highest BCUT2D eigenvalue weighted by atomic mass is 15.1. The van der Waals surface area contributed by atoms with Crippen LogP contribution >= 0.6 is 0 Å². The first-order valence-corrected chi connectivity index (χ1v) is 10.7. The fourth-order valence-electron chi connectivity index (χ4n) is 3.71. The summed E-state index contributed by atoms with van der Waals surface area (Å²) in [7, 11) is 0. The van der Waals surface area contributed by atoms with Crippen molar-refractivity contribution in [1.82, 2.24) is 4.90 Å². The van der Waals surface area contributed by atoms with Crippen LogP contribution in [0.25, 0.3) is 0 Å². The minimum absolute atomic E-state index is 1.37. The first-order valence-electron chi connectivity index (χ1n) is 10.7. The SMILES string of the molecule is CCCCCCCCCCN1CCCCCCCCCCC1. The number of hydrogen-bond donors (Lipinski definition) is 0. The van der Waals surface area contributed by atoms with Crippen molar-refractivity contribution in [3.05, 3.63) is 0 Å².